The Balaban J connectivity index is 2.42. The molecular weight excluding hydrogens is 438 g/mol. The summed E-state index contributed by atoms with van der Waals surface area (Å²) in [5, 5.41) is 2.96. The molecule has 0 spiro atoms. The third-order valence-electron chi connectivity index (χ3n) is 5.65. The minimum Gasteiger partial charge on any atom is -0.352 e. The van der Waals surface area contributed by atoms with Crippen molar-refractivity contribution in [2.75, 3.05) is 17.1 Å². The molecule has 0 fully saturated rings. The summed E-state index contributed by atoms with van der Waals surface area (Å²) in [6, 6.07) is 15.7. The van der Waals surface area contributed by atoms with Crippen LogP contribution in [0.2, 0.25) is 0 Å². The van der Waals surface area contributed by atoms with Crippen molar-refractivity contribution >= 4 is 27.5 Å². The SMILES string of the molecule is CC[C@H](C)NC(=O)[C@H](CC)N(Cc1ccccc1)C(=O)CN(c1ccccc1C)S(C)(=O)=O. The minimum absolute atomic E-state index is 0.0280. The summed E-state index contributed by atoms with van der Waals surface area (Å²) in [5.74, 6) is -0.670. The van der Waals surface area contributed by atoms with Crippen molar-refractivity contribution < 1.29 is 18.0 Å². The highest BCUT2D eigenvalue weighted by molar-refractivity contribution is 7.92. The van der Waals surface area contributed by atoms with Crippen molar-refractivity contribution in [3.05, 3.63) is 65.7 Å². The van der Waals surface area contributed by atoms with Crippen LogP contribution in [-0.4, -0.2) is 50.0 Å². The number of carbonyl (C=O) groups excluding carboxylic acids is 2. The largest absolute Gasteiger partial charge is 0.352 e. The molecule has 0 unspecified atom stereocenters. The first-order valence-corrected chi connectivity index (χ1v) is 13.1. The number of amides is 2. The molecule has 2 aromatic carbocycles. The molecule has 2 aromatic rings. The van der Waals surface area contributed by atoms with Gasteiger partial charge in [0.25, 0.3) is 0 Å². The summed E-state index contributed by atoms with van der Waals surface area (Å²) in [6.07, 6.45) is 2.26. The van der Waals surface area contributed by atoms with Gasteiger partial charge in [-0.3, -0.25) is 13.9 Å². The monoisotopic (exact) mass is 473 g/mol. The van der Waals surface area contributed by atoms with Crippen molar-refractivity contribution in [2.24, 2.45) is 0 Å². The molecule has 33 heavy (non-hydrogen) atoms. The van der Waals surface area contributed by atoms with Crippen molar-refractivity contribution in [3.63, 3.8) is 0 Å². The van der Waals surface area contributed by atoms with Gasteiger partial charge in [0.15, 0.2) is 0 Å². The van der Waals surface area contributed by atoms with Crippen LogP contribution >= 0.6 is 0 Å². The molecule has 0 saturated heterocycles. The van der Waals surface area contributed by atoms with Gasteiger partial charge in [0.1, 0.15) is 12.6 Å². The second-order valence-electron chi connectivity index (χ2n) is 8.31. The maximum Gasteiger partial charge on any atom is 0.244 e. The summed E-state index contributed by atoms with van der Waals surface area (Å²) in [4.78, 5) is 28.1. The number of hydrogen-bond acceptors (Lipinski definition) is 4. The molecule has 0 radical (unpaired) electrons. The minimum atomic E-state index is -3.73. The Morgan fingerprint density at radius 2 is 1.58 bits per heavy atom. The number of nitrogens with one attached hydrogen (secondary N) is 1. The number of sulfonamides is 1. The van der Waals surface area contributed by atoms with Gasteiger partial charge in [0.2, 0.25) is 21.8 Å². The van der Waals surface area contributed by atoms with Gasteiger partial charge >= 0.3 is 0 Å². The first-order valence-electron chi connectivity index (χ1n) is 11.3. The summed E-state index contributed by atoms with van der Waals surface area (Å²) >= 11 is 0. The van der Waals surface area contributed by atoms with Crippen LogP contribution in [0, 0.1) is 6.92 Å². The molecular formula is C25H35N3O4S. The Bertz CT molecular complexity index is 1040. The van der Waals surface area contributed by atoms with Gasteiger partial charge in [-0.15, -0.1) is 0 Å². The number of carbonyl (C=O) groups is 2. The third kappa shape index (κ3) is 7.32. The van der Waals surface area contributed by atoms with Gasteiger partial charge < -0.3 is 10.2 Å². The highest BCUT2D eigenvalue weighted by Crippen LogP contribution is 2.23. The van der Waals surface area contributed by atoms with Crippen LogP contribution in [-0.2, 0) is 26.2 Å². The van der Waals surface area contributed by atoms with E-state index in [9.17, 15) is 18.0 Å². The van der Waals surface area contributed by atoms with Crippen LogP contribution in [0.3, 0.4) is 0 Å². The second-order valence-corrected chi connectivity index (χ2v) is 10.2. The molecule has 0 aliphatic rings. The molecule has 0 saturated carbocycles. The number of hydrogen-bond donors (Lipinski definition) is 1. The average molecular weight is 474 g/mol. The maximum absolute atomic E-state index is 13.6. The highest BCUT2D eigenvalue weighted by Gasteiger charge is 2.32. The zero-order valence-corrected chi connectivity index (χ0v) is 20.9. The number of benzene rings is 2. The summed E-state index contributed by atoms with van der Waals surface area (Å²) in [6.45, 7) is 7.36. The van der Waals surface area contributed by atoms with E-state index >= 15 is 0 Å². The third-order valence-corrected chi connectivity index (χ3v) is 6.77. The van der Waals surface area contributed by atoms with Crippen molar-refractivity contribution in [1.29, 1.82) is 0 Å². The fourth-order valence-corrected chi connectivity index (χ4v) is 4.49. The molecule has 0 bridgehead atoms. The molecule has 2 atom stereocenters. The van der Waals surface area contributed by atoms with Gasteiger partial charge in [0.05, 0.1) is 11.9 Å². The summed E-state index contributed by atoms with van der Waals surface area (Å²) < 4.78 is 26.4. The van der Waals surface area contributed by atoms with Crippen molar-refractivity contribution in [3.8, 4) is 0 Å². The Hall–Kier alpha value is -2.87. The molecule has 0 aliphatic heterocycles. The number of aryl methyl sites for hydroxylation is 1. The topological polar surface area (TPSA) is 86.8 Å². The molecule has 1 N–H and O–H groups in total. The van der Waals surface area contributed by atoms with Gasteiger partial charge in [0, 0.05) is 12.6 Å². The summed E-state index contributed by atoms with van der Waals surface area (Å²) in [5.41, 5.74) is 2.06. The van der Waals surface area contributed by atoms with E-state index in [2.05, 4.69) is 5.32 Å². The van der Waals surface area contributed by atoms with E-state index < -0.39 is 22.0 Å². The van der Waals surface area contributed by atoms with E-state index in [-0.39, 0.29) is 25.0 Å². The van der Waals surface area contributed by atoms with E-state index in [1.807, 2.05) is 57.2 Å². The highest BCUT2D eigenvalue weighted by atomic mass is 32.2. The lowest BCUT2D eigenvalue weighted by Crippen LogP contribution is -2.53. The van der Waals surface area contributed by atoms with Crippen LogP contribution in [0.5, 0.6) is 0 Å². The Morgan fingerprint density at radius 1 is 0.970 bits per heavy atom. The molecule has 0 aliphatic carbocycles. The van der Waals surface area contributed by atoms with E-state index in [1.165, 1.54) is 4.90 Å². The zero-order chi connectivity index (χ0) is 24.6. The lowest BCUT2D eigenvalue weighted by atomic mass is 10.1. The van der Waals surface area contributed by atoms with Crippen LogP contribution < -0.4 is 9.62 Å². The Labute approximate surface area is 197 Å². The average Bonchev–Trinajstić information content (AvgIpc) is 2.77. The first kappa shape index (κ1) is 26.4. The smallest absolute Gasteiger partial charge is 0.244 e. The first-order chi connectivity index (χ1) is 15.6. The Morgan fingerprint density at radius 3 is 2.12 bits per heavy atom. The second kappa shape index (κ2) is 11.8. The zero-order valence-electron chi connectivity index (χ0n) is 20.1. The number of nitrogens with zero attached hydrogens (tertiary/aromatic N) is 2. The molecule has 0 aromatic heterocycles. The number of para-hydroxylation sites is 1. The molecule has 7 nitrogen and oxygen atoms in total. The predicted molar refractivity (Wildman–Crippen MR) is 132 cm³/mol. The maximum atomic E-state index is 13.6. The van der Waals surface area contributed by atoms with Gasteiger partial charge in [-0.1, -0.05) is 62.4 Å². The molecule has 0 heterocycles. The van der Waals surface area contributed by atoms with Crippen LogP contribution in [0.4, 0.5) is 5.69 Å². The standard InChI is InChI=1S/C25H35N3O4S/c1-6-20(4)26-25(30)22(7-2)27(17-21-14-9-8-10-15-21)24(29)18-28(33(5,31)32)23-16-12-11-13-19(23)3/h8-16,20,22H,6-7,17-18H2,1-5H3,(H,26,30)/t20-,22-/m0/s1. The lowest BCUT2D eigenvalue weighted by molar-refractivity contribution is -0.140. The van der Waals surface area contributed by atoms with E-state index in [1.54, 1.807) is 25.1 Å². The number of anilines is 1. The lowest BCUT2D eigenvalue weighted by Gasteiger charge is -2.33. The fourth-order valence-electron chi connectivity index (χ4n) is 3.58. The van der Waals surface area contributed by atoms with Crippen molar-refractivity contribution in [1.82, 2.24) is 10.2 Å². The predicted octanol–water partition coefficient (Wildman–Crippen LogP) is 3.48. The normalized spacial score (nSPS) is 13.1. The molecule has 2 rings (SSSR count). The van der Waals surface area contributed by atoms with Crippen LogP contribution in [0.15, 0.2) is 54.6 Å². The van der Waals surface area contributed by atoms with E-state index in [0.29, 0.717) is 12.1 Å². The van der Waals surface area contributed by atoms with Gasteiger partial charge in [-0.2, -0.15) is 0 Å². The Kier molecular flexibility index (Phi) is 9.46. The van der Waals surface area contributed by atoms with Gasteiger partial charge in [-0.05, 0) is 43.9 Å². The van der Waals surface area contributed by atoms with E-state index in [4.69, 9.17) is 0 Å². The van der Waals surface area contributed by atoms with Gasteiger partial charge in [-0.25, -0.2) is 8.42 Å². The van der Waals surface area contributed by atoms with Crippen molar-refractivity contribution in [2.45, 2.75) is 59.2 Å². The van der Waals surface area contributed by atoms with E-state index in [0.717, 1.165) is 28.1 Å². The van der Waals surface area contributed by atoms with Crippen LogP contribution in [0.1, 0.15) is 44.7 Å². The number of rotatable bonds is 11. The fraction of sp³-hybridized carbons (Fsp3) is 0.440. The summed E-state index contributed by atoms with van der Waals surface area (Å²) in [7, 11) is -3.73. The molecule has 2 amide bonds. The van der Waals surface area contributed by atoms with Crippen LogP contribution in [0.25, 0.3) is 0 Å². The quantitative estimate of drug-likeness (QED) is 0.541. The molecule has 180 valence electrons. The molecule has 8 heteroatoms.